The summed E-state index contributed by atoms with van der Waals surface area (Å²) in [6, 6.07) is 16.5. The van der Waals surface area contributed by atoms with Gasteiger partial charge in [0.25, 0.3) is 0 Å². The van der Waals surface area contributed by atoms with Crippen LogP contribution in [0.5, 0.6) is 0 Å². The van der Waals surface area contributed by atoms with Gasteiger partial charge in [-0.3, -0.25) is 14.4 Å². The first-order valence-electron chi connectivity index (χ1n) is 8.72. The molecule has 3 rings (SSSR count). The molecule has 1 fully saturated rings. The number of Topliss-reactive ketones (excluding diaryl/α,β-unsaturated/α-hetero) is 1. The number of nitrogens with one attached hydrogen (secondary N) is 1. The lowest BCUT2D eigenvalue weighted by molar-refractivity contribution is -0.129. The molecule has 0 spiro atoms. The molecule has 5 nitrogen and oxygen atoms in total. The summed E-state index contributed by atoms with van der Waals surface area (Å²) in [6.45, 7) is 3.89. The van der Waals surface area contributed by atoms with Crippen molar-refractivity contribution in [3.05, 3.63) is 65.7 Å². The summed E-state index contributed by atoms with van der Waals surface area (Å²) in [5, 5.41) is 2.84. The SMILES string of the molecule is CC(=O)c1ccc(NC(=O)[C@@H]2CC(=O)N([C@H](C)c3ccccc3)C2)cc1. The van der Waals surface area contributed by atoms with Gasteiger partial charge in [0.1, 0.15) is 0 Å². The number of hydrogen-bond acceptors (Lipinski definition) is 3. The molecule has 134 valence electrons. The van der Waals surface area contributed by atoms with Crippen molar-refractivity contribution < 1.29 is 14.4 Å². The van der Waals surface area contributed by atoms with E-state index in [0.717, 1.165) is 5.56 Å². The molecule has 1 aliphatic heterocycles. The van der Waals surface area contributed by atoms with E-state index in [9.17, 15) is 14.4 Å². The second kappa shape index (κ2) is 7.52. The van der Waals surface area contributed by atoms with Gasteiger partial charge in [-0.1, -0.05) is 30.3 Å². The van der Waals surface area contributed by atoms with E-state index in [4.69, 9.17) is 0 Å². The second-order valence-corrected chi connectivity index (χ2v) is 6.66. The van der Waals surface area contributed by atoms with Crippen molar-refractivity contribution in [1.29, 1.82) is 0 Å². The highest BCUT2D eigenvalue weighted by Crippen LogP contribution is 2.29. The number of rotatable bonds is 5. The van der Waals surface area contributed by atoms with E-state index in [1.54, 1.807) is 29.2 Å². The Morgan fingerprint density at radius 3 is 2.35 bits per heavy atom. The third-order valence-electron chi connectivity index (χ3n) is 4.84. The number of ketones is 1. The zero-order chi connectivity index (χ0) is 18.7. The van der Waals surface area contributed by atoms with Crippen molar-refractivity contribution in [1.82, 2.24) is 4.90 Å². The van der Waals surface area contributed by atoms with E-state index < -0.39 is 0 Å². The number of hydrogen-bond donors (Lipinski definition) is 1. The number of carbonyl (C=O) groups excluding carboxylic acids is 3. The Bertz CT molecular complexity index is 815. The first kappa shape index (κ1) is 17.9. The van der Waals surface area contributed by atoms with Crippen LogP contribution in [0.2, 0.25) is 0 Å². The van der Waals surface area contributed by atoms with E-state index in [2.05, 4.69) is 5.32 Å². The maximum atomic E-state index is 12.5. The molecule has 0 unspecified atom stereocenters. The standard InChI is InChI=1S/C21H22N2O3/c1-14(16-6-4-3-5-7-16)23-13-18(12-20(23)25)21(26)22-19-10-8-17(9-11-19)15(2)24/h3-11,14,18H,12-13H2,1-2H3,(H,22,26)/t14-,18-/m1/s1. The molecule has 0 saturated carbocycles. The first-order valence-corrected chi connectivity index (χ1v) is 8.72. The molecule has 26 heavy (non-hydrogen) atoms. The smallest absolute Gasteiger partial charge is 0.229 e. The minimum absolute atomic E-state index is 0.00608. The van der Waals surface area contributed by atoms with Crippen molar-refractivity contribution in [2.45, 2.75) is 26.3 Å². The van der Waals surface area contributed by atoms with E-state index in [1.165, 1.54) is 6.92 Å². The number of anilines is 1. The van der Waals surface area contributed by atoms with Gasteiger partial charge in [0.05, 0.1) is 12.0 Å². The van der Waals surface area contributed by atoms with Crippen LogP contribution < -0.4 is 5.32 Å². The molecule has 0 bridgehead atoms. The third-order valence-corrected chi connectivity index (χ3v) is 4.84. The fraction of sp³-hybridized carbons (Fsp3) is 0.286. The van der Waals surface area contributed by atoms with Crippen LogP contribution in [0.15, 0.2) is 54.6 Å². The topological polar surface area (TPSA) is 66.5 Å². The zero-order valence-corrected chi connectivity index (χ0v) is 14.9. The van der Waals surface area contributed by atoms with Crippen molar-refractivity contribution in [2.75, 3.05) is 11.9 Å². The highest BCUT2D eigenvalue weighted by molar-refractivity contribution is 5.98. The summed E-state index contributed by atoms with van der Waals surface area (Å²) >= 11 is 0. The second-order valence-electron chi connectivity index (χ2n) is 6.66. The number of nitrogens with zero attached hydrogens (tertiary/aromatic N) is 1. The lowest BCUT2D eigenvalue weighted by Crippen LogP contribution is -2.30. The Labute approximate surface area is 153 Å². The minimum atomic E-state index is -0.374. The van der Waals surface area contributed by atoms with E-state index in [-0.39, 0.29) is 36.0 Å². The van der Waals surface area contributed by atoms with Crippen molar-refractivity contribution in [3.63, 3.8) is 0 Å². The van der Waals surface area contributed by atoms with Crippen LogP contribution >= 0.6 is 0 Å². The quantitative estimate of drug-likeness (QED) is 0.840. The average Bonchev–Trinajstić information content (AvgIpc) is 3.04. The highest BCUT2D eigenvalue weighted by Gasteiger charge is 2.36. The molecule has 2 atom stereocenters. The van der Waals surface area contributed by atoms with Crippen molar-refractivity contribution in [3.8, 4) is 0 Å². The number of likely N-dealkylation sites (tertiary alicyclic amines) is 1. The molecule has 2 aromatic rings. The summed E-state index contributed by atoms with van der Waals surface area (Å²) in [5.74, 6) is -0.568. The van der Waals surface area contributed by atoms with Crippen LogP contribution in [0.4, 0.5) is 5.69 Å². The average molecular weight is 350 g/mol. The summed E-state index contributed by atoms with van der Waals surface area (Å²) in [5.41, 5.74) is 2.28. The molecule has 0 aromatic heterocycles. The van der Waals surface area contributed by atoms with Crippen LogP contribution in [0.3, 0.4) is 0 Å². The molecular formula is C21H22N2O3. The molecular weight excluding hydrogens is 328 g/mol. The van der Waals surface area contributed by atoms with Gasteiger partial charge in [0, 0.05) is 24.2 Å². The molecule has 0 radical (unpaired) electrons. The Hall–Kier alpha value is -2.95. The van der Waals surface area contributed by atoms with Gasteiger partial charge in [0.2, 0.25) is 11.8 Å². The molecule has 2 aromatic carbocycles. The first-order chi connectivity index (χ1) is 12.5. The Balaban J connectivity index is 1.64. The molecule has 1 saturated heterocycles. The van der Waals surface area contributed by atoms with Gasteiger partial charge in [-0.05, 0) is 43.7 Å². The normalized spacial score (nSPS) is 17.8. The monoisotopic (exact) mass is 350 g/mol. The summed E-state index contributed by atoms with van der Waals surface area (Å²) in [6.07, 6.45) is 0.217. The number of amides is 2. The maximum Gasteiger partial charge on any atom is 0.229 e. The molecule has 1 aliphatic rings. The maximum absolute atomic E-state index is 12.5. The van der Waals surface area contributed by atoms with Crippen LogP contribution in [-0.4, -0.2) is 29.0 Å². The zero-order valence-electron chi connectivity index (χ0n) is 14.9. The van der Waals surface area contributed by atoms with Gasteiger partial charge >= 0.3 is 0 Å². The van der Waals surface area contributed by atoms with E-state index >= 15 is 0 Å². The van der Waals surface area contributed by atoms with Crippen LogP contribution in [0.25, 0.3) is 0 Å². The Morgan fingerprint density at radius 2 is 1.73 bits per heavy atom. The van der Waals surface area contributed by atoms with Gasteiger partial charge in [-0.15, -0.1) is 0 Å². The Kier molecular flexibility index (Phi) is 5.16. The molecule has 2 amide bonds. The van der Waals surface area contributed by atoms with Crippen LogP contribution in [0, 0.1) is 5.92 Å². The van der Waals surface area contributed by atoms with Crippen LogP contribution in [-0.2, 0) is 9.59 Å². The summed E-state index contributed by atoms with van der Waals surface area (Å²) in [7, 11) is 0. The predicted octanol–water partition coefficient (Wildman–Crippen LogP) is 3.44. The predicted molar refractivity (Wildman–Crippen MR) is 99.8 cm³/mol. The summed E-state index contributed by atoms with van der Waals surface area (Å²) < 4.78 is 0. The van der Waals surface area contributed by atoms with E-state index in [0.29, 0.717) is 17.8 Å². The van der Waals surface area contributed by atoms with Gasteiger partial charge in [0.15, 0.2) is 5.78 Å². The number of carbonyl (C=O) groups is 3. The Morgan fingerprint density at radius 1 is 1.08 bits per heavy atom. The number of benzene rings is 2. The van der Waals surface area contributed by atoms with Crippen molar-refractivity contribution >= 4 is 23.3 Å². The summed E-state index contributed by atoms with van der Waals surface area (Å²) in [4.78, 5) is 38.0. The molecule has 5 heteroatoms. The molecule has 1 N–H and O–H groups in total. The molecule has 1 heterocycles. The fourth-order valence-corrected chi connectivity index (χ4v) is 3.23. The van der Waals surface area contributed by atoms with Gasteiger partial charge in [-0.2, -0.15) is 0 Å². The van der Waals surface area contributed by atoms with Crippen molar-refractivity contribution in [2.24, 2.45) is 5.92 Å². The van der Waals surface area contributed by atoms with Gasteiger partial charge in [-0.25, -0.2) is 0 Å². The molecule has 0 aliphatic carbocycles. The lowest BCUT2D eigenvalue weighted by atomic mass is 10.1. The largest absolute Gasteiger partial charge is 0.335 e. The van der Waals surface area contributed by atoms with Crippen LogP contribution in [0.1, 0.15) is 42.2 Å². The lowest BCUT2D eigenvalue weighted by Gasteiger charge is -2.25. The highest BCUT2D eigenvalue weighted by atomic mass is 16.2. The minimum Gasteiger partial charge on any atom is -0.335 e. The van der Waals surface area contributed by atoms with E-state index in [1.807, 2.05) is 37.3 Å². The van der Waals surface area contributed by atoms with Gasteiger partial charge < -0.3 is 10.2 Å². The third kappa shape index (κ3) is 3.82. The fourth-order valence-electron chi connectivity index (χ4n) is 3.23.